The predicted octanol–water partition coefficient (Wildman–Crippen LogP) is 5.19. The molecule has 1 heterocycles. The zero-order chi connectivity index (χ0) is 17.1. The van der Waals surface area contributed by atoms with Gasteiger partial charge in [-0.2, -0.15) is 0 Å². The lowest BCUT2D eigenvalue weighted by Gasteiger charge is -2.14. The highest BCUT2D eigenvalue weighted by Crippen LogP contribution is 2.26. The Hall–Kier alpha value is -2.20. The molecular formula is C20H19BrN2O. The van der Waals surface area contributed by atoms with E-state index < -0.39 is 0 Å². The van der Waals surface area contributed by atoms with Crippen LogP contribution in [0.4, 0.5) is 0 Å². The number of nitrogens with one attached hydrogen (secondary N) is 1. The molecule has 24 heavy (non-hydrogen) atoms. The standard InChI is InChI=1S/C20H19BrN2O/c1-3-13(2)22-20(24)17-12-19(14-7-6-8-15(21)11-14)23-18-10-5-4-9-16(17)18/h4-13H,3H2,1-2H3,(H,22,24). The lowest BCUT2D eigenvalue weighted by molar-refractivity contribution is 0.0941. The first kappa shape index (κ1) is 16.7. The zero-order valence-electron chi connectivity index (χ0n) is 13.7. The first-order valence-electron chi connectivity index (χ1n) is 8.05. The van der Waals surface area contributed by atoms with Crippen LogP contribution in [0.25, 0.3) is 22.2 Å². The first-order valence-corrected chi connectivity index (χ1v) is 8.84. The van der Waals surface area contributed by atoms with Gasteiger partial charge in [0.15, 0.2) is 0 Å². The van der Waals surface area contributed by atoms with E-state index in [1.54, 1.807) is 0 Å². The van der Waals surface area contributed by atoms with Gasteiger partial charge in [-0.3, -0.25) is 4.79 Å². The minimum absolute atomic E-state index is 0.0563. The lowest BCUT2D eigenvalue weighted by Crippen LogP contribution is -2.32. The van der Waals surface area contributed by atoms with Crippen LogP contribution in [-0.2, 0) is 0 Å². The maximum atomic E-state index is 12.7. The monoisotopic (exact) mass is 382 g/mol. The molecule has 0 aliphatic heterocycles. The number of benzene rings is 2. The van der Waals surface area contributed by atoms with E-state index in [1.807, 2.05) is 61.5 Å². The van der Waals surface area contributed by atoms with E-state index in [4.69, 9.17) is 4.98 Å². The van der Waals surface area contributed by atoms with Gasteiger partial charge in [0.25, 0.3) is 5.91 Å². The highest BCUT2D eigenvalue weighted by atomic mass is 79.9. The minimum atomic E-state index is -0.0563. The summed E-state index contributed by atoms with van der Waals surface area (Å²) in [6, 6.07) is 17.7. The van der Waals surface area contributed by atoms with Crippen LogP contribution in [0.2, 0.25) is 0 Å². The largest absolute Gasteiger partial charge is 0.350 e. The van der Waals surface area contributed by atoms with Crippen molar-refractivity contribution in [3.63, 3.8) is 0 Å². The molecular weight excluding hydrogens is 364 g/mol. The molecule has 0 fully saturated rings. The second kappa shape index (κ2) is 7.14. The van der Waals surface area contributed by atoms with E-state index in [9.17, 15) is 4.79 Å². The topological polar surface area (TPSA) is 42.0 Å². The van der Waals surface area contributed by atoms with Gasteiger partial charge in [-0.15, -0.1) is 0 Å². The normalized spacial score (nSPS) is 12.1. The van der Waals surface area contributed by atoms with Crippen molar-refractivity contribution in [1.29, 1.82) is 0 Å². The van der Waals surface area contributed by atoms with Gasteiger partial charge in [0.05, 0.1) is 16.8 Å². The second-order valence-corrected chi connectivity index (χ2v) is 6.78. The smallest absolute Gasteiger partial charge is 0.252 e. The Bertz CT molecular complexity index is 892. The molecule has 0 saturated heterocycles. The Morgan fingerprint density at radius 2 is 1.96 bits per heavy atom. The maximum absolute atomic E-state index is 12.7. The molecule has 0 saturated carbocycles. The summed E-state index contributed by atoms with van der Waals surface area (Å²) >= 11 is 3.49. The fourth-order valence-electron chi connectivity index (χ4n) is 2.56. The van der Waals surface area contributed by atoms with Crippen LogP contribution in [0.15, 0.2) is 59.1 Å². The number of fused-ring (bicyclic) bond motifs is 1. The van der Waals surface area contributed by atoms with E-state index in [-0.39, 0.29) is 11.9 Å². The van der Waals surface area contributed by atoms with Crippen molar-refractivity contribution in [3.05, 3.63) is 64.6 Å². The average molecular weight is 383 g/mol. The van der Waals surface area contributed by atoms with Gasteiger partial charge in [-0.25, -0.2) is 4.98 Å². The van der Waals surface area contributed by atoms with E-state index >= 15 is 0 Å². The minimum Gasteiger partial charge on any atom is -0.350 e. The number of nitrogens with zero attached hydrogens (tertiary/aromatic N) is 1. The Kier molecular flexibility index (Phi) is 4.95. The second-order valence-electron chi connectivity index (χ2n) is 5.87. The summed E-state index contributed by atoms with van der Waals surface area (Å²) in [5.41, 5.74) is 3.26. The van der Waals surface area contributed by atoms with Gasteiger partial charge < -0.3 is 5.32 Å². The summed E-state index contributed by atoms with van der Waals surface area (Å²) in [7, 11) is 0. The Labute approximate surface area is 150 Å². The number of rotatable bonds is 4. The molecule has 0 bridgehead atoms. The van der Waals surface area contributed by atoms with Crippen LogP contribution >= 0.6 is 15.9 Å². The van der Waals surface area contributed by atoms with Crippen LogP contribution in [0.1, 0.15) is 30.6 Å². The number of amides is 1. The number of hydrogen-bond donors (Lipinski definition) is 1. The number of hydrogen-bond acceptors (Lipinski definition) is 2. The van der Waals surface area contributed by atoms with Crippen molar-refractivity contribution in [2.75, 3.05) is 0 Å². The fraction of sp³-hybridized carbons (Fsp3) is 0.200. The van der Waals surface area contributed by atoms with Crippen LogP contribution < -0.4 is 5.32 Å². The molecule has 0 radical (unpaired) electrons. The highest BCUT2D eigenvalue weighted by molar-refractivity contribution is 9.10. The third-order valence-electron chi connectivity index (χ3n) is 4.07. The molecule has 0 aliphatic rings. The van der Waals surface area contributed by atoms with Crippen LogP contribution in [0, 0.1) is 0 Å². The van der Waals surface area contributed by atoms with Crippen molar-refractivity contribution < 1.29 is 4.79 Å². The van der Waals surface area contributed by atoms with Crippen LogP contribution in [0.3, 0.4) is 0 Å². The Balaban J connectivity index is 2.14. The maximum Gasteiger partial charge on any atom is 0.252 e. The van der Waals surface area contributed by atoms with Crippen molar-refractivity contribution in [2.45, 2.75) is 26.3 Å². The van der Waals surface area contributed by atoms with Crippen molar-refractivity contribution >= 4 is 32.7 Å². The zero-order valence-corrected chi connectivity index (χ0v) is 15.3. The van der Waals surface area contributed by atoms with Gasteiger partial charge in [-0.1, -0.05) is 53.2 Å². The van der Waals surface area contributed by atoms with Gasteiger partial charge in [0, 0.05) is 21.5 Å². The van der Waals surface area contributed by atoms with Crippen molar-refractivity contribution in [1.82, 2.24) is 10.3 Å². The van der Waals surface area contributed by atoms with E-state index in [0.717, 1.165) is 33.1 Å². The van der Waals surface area contributed by atoms with Crippen molar-refractivity contribution in [3.8, 4) is 11.3 Å². The van der Waals surface area contributed by atoms with E-state index in [2.05, 4.69) is 28.2 Å². The molecule has 3 nitrogen and oxygen atoms in total. The third kappa shape index (κ3) is 3.49. The van der Waals surface area contributed by atoms with E-state index in [1.165, 1.54) is 0 Å². The van der Waals surface area contributed by atoms with Gasteiger partial charge >= 0.3 is 0 Å². The fourth-order valence-corrected chi connectivity index (χ4v) is 2.96. The summed E-state index contributed by atoms with van der Waals surface area (Å²) in [5, 5.41) is 3.92. The summed E-state index contributed by atoms with van der Waals surface area (Å²) < 4.78 is 0.987. The van der Waals surface area contributed by atoms with Gasteiger partial charge in [0.2, 0.25) is 0 Å². The molecule has 4 heteroatoms. The SMILES string of the molecule is CCC(C)NC(=O)c1cc(-c2cccc(Br)c2)nc2ccccc12. The quantitative estimate of drug-likeness (QED) is 0.674. The number of halogens is 1. The molecule has 3 aromatic rings. The molecule has 2 aromatic carbocycles. The molecule has 1 atom stereocenters. The van der Waals surface area contributed by atoms with E-state index in [0.29, 0.717) is 5.56 Å². The Morgan fingerprint density at radius 3 is 2.71 bits per heavy atom. The molecule has 3 rings (SSSR count). The molecule has 1 amide bonds. The summed E-state index contributed by atoms with van der Waals surface area (Å²) in [6.07, 6.45) is 0.896. The van der Waals surface area contributed by atoms with Crippen LogP contribution in [0.5, 0.6) is 0 Å². The van der Waals surface area contributed by atoms with Crippen LogP contribution in [-0.4, -0.2) is 16.9 Å². The molecule has 1 unspecified atom stereocenters. The number of aromatic nitrogens is 1. The van der Waals surface area contributed by atoms with Gasteiger partial charge in [0.1, 0.15) is 0 Å². The van der Waals surface area contributed by atoms with Gasteiger partial charge in [-0.05, 0) is 37.6 Å². The lowest BCUT2D eigenvalue weighted by atomic mass is 10.0. The number of pyridine rings is 1. The molecule has 0 aliphatic carbocycles. The molecule has 1 aromatic heterocycles. The summed E-state index contributed by atoms with van der Waals surface area (Å²) in [4.78, 5) is 17.5. The third-order valence-corrected chi connectivity index (χ3v) is 4.56. The number of carbonyl (C=O) groups excluding carboxylic acids is 1. The highest BCUT2D eigenvalue weighted by Gasteiger charge is 2.15. The molecule has 1 N–H and O–H groups in total. The first-order chi connectivity index (χ1) is 11.6. The number of para-hydroxylation sites is 1. The average Bonchev–Trinajstić information content (AvgIpc) is 2.60. The number of carbonyl (C=O) groups is 1. The molecule has 0 spiro atoms. The summed E-state index contributed by atoms with van der Waals surface area (Å²) in [6.45, 7) is 4.07. The Morgan fingerprint density at radius 1 is 1.17 bits per heavy atom. The molecule has 122 valence electrons. The van der Waals surface area contributed by atoms with Crippen molar-refractivity contribution in [2.24, 2.45) is 0 Å². The summed E-state index contributed by atoms with van der Waals surface area (Å²) in [5.74, 6) is -0.0563. The predicted molar refractivity (Wildman–Crippen MR) is 102 cm³/mol.